The van der Waals surface area contributed by atoms with Crippen molar-refractivity contribution in [3.63, 3.8) is 0 Å². The fraction of sp³-hybridized carbons (Fsp3) is 0.600. The SMILES string of the molecule is COc1ccc(OC)c(NC2CN3CCC2CC3)c1. The number of piperidine rings is 3. The van der Waals surface area contributed by atoms with Gasteiger partial charge in [-0.25, -0.2) is 0 Å². The summed E-state index contributed by atoms with van der Waals surface area (Å²) < 4.78 is 10.7. The smallest absolute Gasteiger partial charge is 0.142 e. The van der Waals surface area contributed by atoms with Crippen molar-refractivity contribution in [2.75, 3.05) is 39.2 Å². The van der Waals surface area contributed by atoms with E-state index in [9.17, 15) is 0 Å². The molecule has 4 nitrogen and oxygen atoms in total. The van der Waals surface area contributed by atoms with Gasteiger partial charge in [-0.05, 0) is 44.0 Å². The Labute approximate surface area is 114 Å². The predicted octanol–water partition coefficient (Wildman–Crippen LogP) is 2.21. The van der Waals surface area contributed by atoms with Crippen molar-refractivity contribution in [1.29, 1.82) is 0 Å². The molecule has 3 aliphatic rings. The van der Waals surface area contributed by atoms with Crippen LogP contribution in [0.2, 0.25) is 0 Å². The molecule has 104 valence electrons. The quantitative estimate of drug-likeness (QED) is 0.902. The first-order valence-electron chi connectivity index (χ1n) is 7.01. The average molecular weight is 262 g/mol. The fourth-order valence-electron chi connectivity index (χ4n) is 3.26. The highest BCUT2D eigenvalue weighted by Crippen LogP contribution is 2.34. The third-order valence-electron chi connectivity index (χ3n) is 4.40. The van der Waals surface area contributed by atoms with Crippen LogP contribution in [0.3, 0.4) is 0 Å². The Hall–Kier alpha value is -1.42. The molecule has 19 heavy (non-hydrogen) atoms. The fourth-order valence-corrected chi connectivity index (χ4v) is 3.26. The molecule has 3 fully saturated rings. The van der Waals surface area contributed by atoms with Gasteiger partial charge in [0, 0.05) is 18.7 Å². The molecule has 0 spiro atoms. The summed E-state index contributed by atoms with van der Waals surface area (Å²) in [6.45, 7) is 3.67. The molecule has 1 N–H and O–H groups in total. The zero-order valence-electron chi connectivity index (χ0n) is 11.7. The zero-order valence-corrected chi connectivity index (χ0v) is 11.7. The molecule has 1 atom stereocenters. The minimum atomic E-state index is 0.531. The van der Waals surface area contributed by atoms with E-state index >= 15 is 0 Å². The van der Waals surface area contributed by atoms with Crippen LogP contribution in [-0.2, 0) is 0 Å². The van der Waals surface area contributed by atoms with Gasteiger partial charge in [-0.15, -0.1) is 0 Å². The number of nitrogens with zero attached hydrogens (tertiary/aromatic N) is 1. The second kappa shape index (κ2) is 5.29. The third kappa shape index (κ3) is 2.50. The molecule has 3 heterocycles. The number of benzene rings is 1. The maximum Gasteiger partial charge on any atom is 0.142 e. The zero-order chi connectivity index (χ0) is 13.2. The second-order valence-corrected chi connectivity index (χ2v) is 5.46. The van der Waals surface area contributed by atoms with Gasteiger partial charge in [0.25, 0.3) is 0 Å². The molecule has 0 aliphatic carbocycles. The summed E-state index contributed by atoms with van der Waals surface area (Å²) in [6.07, 6.45) is 2.62. The first-order valence-corrected chi connectivity index (χ1v) is 7.01. The summed E-state index contributed by atoms with van der Waals surface area (Å²) in [6, 6.07) is 6.45. The number of hydrogen-bond acceptors (Lipinski definition) is 4. The Balaban J connectivity index is 1.78. The Morgan fingerprint density at radius 3 is 2.53 bits per heavy atom. The molecule has 0 amide bonds. The van der Waals surface area contributed by atoms with Crippen molar-refractivity contribution in [2.45, 2.75) is 18.9 Å². The normalized spacial score (nSPS) is 29.1. The summed E-state index contributed by atoms with van der Waals surface area (Å²) in [5.74, 6) is 2.54. The molecule has 1 aromatic rings. The lowest BCUT2D eigenvalue weighted by molar-refractivity contribution is 0.0974. The van der Waals surface area contributed by atoms with Crippen LogP contribution in [0.25, 0.3) is 0 Å². The molecule has 1 unspecified atom stereocenters. The average Bonchev–Trinajstić information content (AvgIpc) is 2.48. The van der Waals surface area contributed by atoms with Gasteiger partial charge in [-0.3, -0.25) is 0 Å². The summed E-state index contributed by atoms with van der Waals surface area (Å²) in [5, 5.41) is 3.66. The lowest BCUT2D eigenvalue weighted by Crippen LogP contribution is -2.53. The van der Waals surface area contributed by atoms with Crippen molar-refractivity contribution in [3.05, 3.63) is 18.2 Å². The number of anilines is 1. The van der Waals surface area contributed by atoms with E-state index in [0.717, 1.165) is 29.6 Å². The minimum Gasteiger partial charge on any atom is -0.497 e. The molecule has 0 radical (unpaired) electrons. The summed E-state index contributed by atoms with van der Waals surface area (Å²) in [5.41, 5.74) is 1.04. The van der Waals surface area contributed by atoms with Crippen LogP contribution in [0.5, 0.6) is 11.5 Å². The molecule has 3 aliphatic heterocycles. The number of methoxy groups -OCH3 is 2. The molecule has 0 aromatic heterocycles. The molecule has 4 heteroatoms. The highest BCUT2D eigenvalue weighted by atomic mass is 16.5. The lowest BCUT2D eigenvalue weighted by atomic mass is 9.84. The van der Waals surface area contributed by atoms with Crippen molar-refractivity contribution in [1.82, 2.24) is 4.90 Å². The van der Waals surface area contributed by atoms with Crippen molar-refractivity contribution in [3.8, 4) is 11.5 Å². The Bertz CT molecular complexity index is 442. The van der Waals surface area contributed by atoms with Gasteiger partial charge in [0.15, 0.2) is 0 Å². The van der Waals surface area contributed by atoms with Gasteiger partial charge >= 0.3 is 0 Å². The van der Waals surface area contributed by atoms with E-state index in [2.05, 4.69) is 10.2 Å². The number of hydrogen-bond donors (Lipinski definition) is 1. The van der Waals surface area contributed by atoms with Gasteiger partial charge < -0.3 is 19.7 Å². The van der Waals surface area contributed by atoms with E-state index in [1.807, 2.05) is 18.2 Å². The first-order chi connectivity index (χ1) is 9.30. The van der Waals surface area contributed by atoms with Crippen LogP contribution in [-0.4, -0.2) is 44.8 Å². The monoisotopic (exact) mass is 262 g/mol. The van der Waals surface area contributed by atoms with Crippen LogP contribution in [0.1, 0.15) is 12.8 Å². The summed E-state index contributed by atoms with van der Waals surface area (Å²) in [7, 11) is 3.41. The summed E-state index contributed by atoms with van der Waals surface area (Å²) >= 11 is 0. The van der Waals surface area contributed by atoms with E-state index in [1.54, 1.807) is 14.2 Å². The molecular formula is C15H22N2O2. The van der Waals surface area contributed by atoms with Gasteiger partial charge in [-0.2, -0.15) is 0 Å². The van der Waals surface area contributed by atoms with E-state index < -0.39 is 0 Å². The van der Waals surface area contributed by atoms with Gasteiger partial charge in [0.1, 0.15) is 11.5 Å². The Morgan fingerprint density at radius 1 is 1.16 bits per heavy atom. The topological polar surface area (TPSA) is 33.7 Å². The van der Waals surface area contributed by atoms with Crippen LogP contribution in [0.4, 0.5) is 5.69 Å². The lowest BCUT2D eigenvalue weighted by Gasteiger charge is -2.45. The van der Waals surface area contributed by atoms with E-state index in [1.165, 1.54) is 25.9 Å². The van der Waals surface area contributed by atoms with Gasteiger partial charge in [0.2, 0.25) is 0 Å². The molecule has 0 saturated carbocycles. The van der Waals surface area contributed by atoms with Crippen LogP contribution in [0, 0.1) is 5.92 Å². The van der Waals surface area contributed by atoms with Gasteiger partial charge in [0.05, 0.1) is 19.9 Å². The summed E-state index contributed by atoms with van der Waals surface area (Å²) in [4.78, 5) is 2.55. The predicted molar refractivity (Wildman–Crippen MR) is 76.1 cm³/mol. The molecular weight excluding hydrogens is 240 g/mol. The molecule has 2 bridgehead atoms. The number of nitrogens with one attached hydrogen (secondary N) is 1. The van der Waals surface area contributed by atoms with Crippen LogP contribution >= 0.6 is 0 Å². The highest BCUT2D eigenvalue weighted by Gasteiger charge is 2.34. The third-order valence-corrected chi connectivity index (χ3v) is 4.40. The maximum atomic E-state index is 5.43. The minimum absolute atomic E-state index is 0.531. The first kappa shape index (κ1) is 12.6. The maximum absolute atomic E-state index is 5.43. The molecule has 1 aromatic carbocycles. The van der Waals surface area contributed by atoms with Crippen LogP contribution in [0.15, 0.2) is 18.2 Å². The second-order valence-electron chi connectivity index (χ2n) is 5.46. The standard InChI is InChI=1S/C15H22N2O2/c1-18-12-3-4-15(19-2)13(9-12)16-14-10-17-7-5-11(14)6-8-17/h3-4,9,11,14,16H,5-8,10H2,1-2H3. The highest BCUT2D eigenvalue weighted by molar-refractivity contribution is 5.60. The molecule has 3 saturated heterocycles. The van der Waals surface area contributed by atoms with Crippen molar-refractivity contribution < 1.29 is 9.47 Å². The van der Waals surface area contributed by atoms with Crippen molar-refractivity contribution >= 4 is 5.69 Å². The molecule has 4 rings (SSSR count). The number of fused-ring (bicyclic) bond motifs is 3. The van der Waals surface area contributed by atoms with E-state index in [-0.39, 0.29) is 0 Å². The van der Waals surface area contributed by atoms with Crippen LogP contribution < -0.4 is 14.8 Å². The number of rotatable bonds is 4. The Kier molecular flexibility index (Phi) is 3.51. The largest absolute Gasteiger partial charge is 0.497 e. The van der Waals surface area contributed by atoms with E-state index in [4.69, 9.17) is 9.47 Å². The van der Waals surface area contributed by atoms with E-state index in [0.29, 0.717) is 6.04 Å². The van der Waals surface area contributed by atoms with Crippen molar-refractivity contribution in [2.24, 2.45) is 5.92 Å². The Morgan fingerprint density at radius 2 is 1.95 bits per heavy atom. The van der Waals surface area contributed by atoms with Gasteiger partial charge in [-0.1, -0.05) is 0 Å². The number of ether oxygens (including phenoxy) is 2.